The van der Waals surface area contributed by atoms with Gasteiger partial charge in [-0.05, 0) is 33.1 Å². The average Bonchev–Trinajstić information content (AvgIpc) is 2.22. The van der Waals surface area contributed by atoms with Gasteiger partial charge >= 0.3 is 0 Å². The molecule has 0 saturated carbocycles. The van der Waals surface area contributed by atoms with E-state index in [1.807, 2.05) is 19.0 Å². The van der Waals surface area contributed by atoms with Crippen LogP contribution >= 0.6 is 0 Å². The predicted octanol–water partition coefficient (Wildman–Crippen LogP) is -0.645. The van der Waals surface area contributed by atoms with E-state index in [1.54, 1.807) is 7.05 Å². The van der Waals surface area contributed by atoms with Crippen LogP contribution in [0.1, 0.15) is 6.42 Å². The molecule has 0 aromatic rings. The summed E-state index contributed by atoms with van der Waals surface area (Å²) < 4.78 is 0. The van der Waals surface area contributed by atoms with E-state index in [0.717, 1.165) is 12.6 Å². The molecule has 86 valence electrons. The van der Waals surface area contributed by atoms with Gasteiger partial charge in [-0.2, -0.15) is 0 Å². The summed E-state index contributed by atoms with van der Waals surface area (Å²) >= 11 is 0. The summed E-state index contributed by atoms with van der Waals surface area (Å²) in [6, 6.07) is -0.497. The van der Waals surface area contributed by atoms with Gasteiger partial charge in [-0.3, -0.25) is 9.59 Å². The third-order valence-corrected chi connectivity index (χ3v) is 1.93. The molecule has 1 unspecified atom stereocenters. The number of nitrogens with zero attached hydrogens (tertiary/aromatic N) is 1. The minimum atomic E-state index is -0.497. The van der Waals surface area contributed by atoms with E-state index < -0.39 is 6.04 Å². The zero-order chi connectivity index (χ0) is 11.8. The molecule has 5 nitrogen and oxygen atoms in total. The molecule has 0 aliphatic carbocycles. The number of amides is 2. The van der Waals surface area contributed by atoms with Gasteiger partial charge in [-0.1, -0.05) is 6.58 Å². The number of likely N-dealkylation sites (N-methyl/N-ethyl adjacent to an activating group) is 1. The second-order valence-electron chi connectivity index (χ2n) is 3.47. The maximum absolute atomic E-state index is 11.4. The van der Waals surface area contributed by atoms with Gasteiger partial charge in [0.1, 0.15) is 6.04 Å². The van der Waals surface area contributed by atoms with Gasteiger partial charge in [0, 0.05) is 7.05 Å². The highest BCUT2D eigenvalue weighted by atomic mass is 16.2. The number of nitrogens with one attached hydrogen (secondary N) is 2. The second-order valence-corrected chi connectivity index (χ2v) is 3.47. The van der Waals surface area contributed by atoms with E-state index in [1.165, 1.54) is 0 Å². The fraction of sp³-hybridized carbons (Fsp3) is 0.600. The number of carbonyl (C=O) groups excluding carboxylic acids is 2. The van der Waals surface area contributed by atoms with Crippen LogP contribution in [0.15, 0.2) is 12.7 Å². The van der Waals surface area contributed by atoms with Gasteiger partial charge in [0.25, 0.3) is 0 Å². The average molecular weight is 213 g/mol. The normalized spacial score (nSPS) is 12.0. The van der Waals surface area contributed by atoms with Crippen LogP contribution in [-0.4, -0.2) is 50.4 Å². The lowest BCUT2D eigenvalue weighted by Gasteiger charge is -2.18. The van der Waals surface area contributed by atoms with Crippen molar-refractivity contribution in [3.8, 4) is 0 Å². The summed E-state index contributed by atoms with van der Waals surface area (Å²) in [5.41, 5.74) is 0. The van der Waals surface area contributed by atoms with E-state index in [4.69, 9.17) is 0 Å². The Morgan fingerprint density at radius 1 is 1.47 bits per heavy atom. The van der Waals surface area contributed by atoms with E-state index in [9.17, 15) is 9.59 Å². The van der Waals surface area contributed by atoms with Crippen molar-refractivity contribution >= 4 is 11.8 Å². The standard InChI is InChI=1S/C10H19N3O2/c1-5-9(14)12-8(10(15)11-2)6-7-13(3)4/h5,8H,1,6-7H2,2-4H3,(H,11,15)(H,12,14). The van der Waals surface area contributed by atoms with Crippen molar-refractivity contribution in [1.29, 1.82) is 0 Å². The van der Waals surface area contributed by atoms with Crippen molar-refractivity contribution in [2.45, 2.75) is 12.5 Å². The number of rotatable bonds is 6. The lowest BCUT2D eigenvalue weighted by atomic mass is 10.2. The molecule has 0 spiro atoms. The van der Waals surface area contributed by atoms with Crippen molar-refractivity contribution < 1.29 is 9.59 Å². The molecule has 0 aliphatic heterocycles. The first-order valence-corrected chi connectivity index (χ1v) is 4.80. The molecular formula is C10H19N3O2. The van der Waals surface area contributed by atoms with Gasteiger partial charge in [-0.25, -0.2) is 0 Å². The molecule has 0 fully saturated rings. The highest BCUT2D eigenvalue weighted by Crippen LogP contribution is 1.94. The molecule has 0 aliphatic rings. The van der Waals surface area contributed by atoms with Crippen LogP contribution in [0.2, 0.25) is 0 Å². The molecule has 0 saturated heterocycles. The molecular weight excluding hydrogens is 194 g/mol. The Hall–Kier alpha value is -1.36. The van der Waals surface area contributed by atoms with Gasteiger partial charge in [0.2, 0.25) is 11.8 Å². The van der Waals surface area contributed by atoms with Crippen LogP contribution in [0.25, 0.3) is 0 Å². The van der Waals surface area contributed by atoms with E-state index in [2.05, 4.69) is 17.2 Å². The van der Waals surface area contributed by atoms with Crippen LogP contribution in [0, 0.1) is 0 Å². The minimum absolute atomic E-state index is 0.188. The Kier molecular flexibility index (Phi) is 6.37. The van der Waals surface area contributed by atoms with Crippen LogP contribution in [0.5, 0.6) is 0 Å². The first-order valence-electron chi connectivity index (χ1n) is 4.80. The van der Waals surface area contributed by atoms with Gasteiger partial charge < -0.3 is 15.5 Å². The summed E-state index contributed by atoms with van der Waals surface area (Å²) in [4.78, 5) is 24.4. The van der Waals surface area contributed by atoms with E-state index in [0.29, 0.717) is 6.42 Å². The lowest BCUT2D eigenvalue weighted by Crippen LogP contribution is -2.46. The van der Waals surface area contributed by atoms with E-state index in [-0.39, 0.29) is 11.8 Å². The molecule has 2 N–H and O–H groups in total. The molecule has 0 aromatic carbocycles. The first-order chi connectivity index (χ1) is 7.01. The Morgan fingerprint density at radius 3 is 2.47 bits per heavy atom. The monoisotopic (exact) mass is 213 g/mol. The molecule has 1 atom stereocenters. The van der Waals surface area contributed by atoms with Crippen molar-refractivity contribution in [2.75, 3.05) is 27.7 Å². The number of carbonyl (C=O) groups is 2. The van der Waals surface area contributed by atoms with Gasteiger partial charge in [0.05, 0.1) is 0 Å². The molecule has 0 aromatic heterocycles. The number of hydrogen-bond donors (Lipinski definition) is 2. The fourth-order valence-electron chi connectivity index (χ4n) is 1.06. The minimum Gasteiger partial charge on any atom is -0.357 e. The lowest BCUT2D eigenvalue weighted by molar-refractivity contribution is -0.127. The quantitative estimate of drug-likeness (QED) is 0.577. The second kappa shape index (κ2) is 7.00. The molecule has 15 heavy (non-hydrogen) atoms. The summed E-state index contributed by atoms with van der Waals surface area (Å²) in [7, 11) is 5.37. The maximum atomic E-state index is 11.4. The van der Waals surface area contributed by atoms with Crippen LogP contribution in [0.3, 0.4) is 0 Å². The predicted molar refractivity (Wildman–Crippen MR) is 59.4 cm³/mol. The Morgan fingerprint density at radius 2 is 2.07 bits per heavy atom. The smallest absolute Gasteiger partial charge is 0.244 e. The van der Waals surface area contributed by atoms with Crippen molar-refractivity contribution in [3.63, 3.8) is 0 Å². The molecule has 0 bridgehead atoms. The molecule has 0 heterocycles. The Labute approximate surface area is 90.5 Å². The largest absolute Gasteiger partial charge is 0.357 e. The zero-order valence-corrected chi connectivity index (χ0v) is 9.54. The third kappa shape index (κ3) is 5.85. The summed E-state index contributed by atoms with van der Waals surface area (Å²) in [6.45, 7) is 4.07. The summed E-state index contributed by atoms with van der Waals surface area (Å²) in [5.74, 6) is -0.519. The van der Waals surface area contributed by atoms with Crippen LogP contribution in [-0.2, 0) is 9.59 Å². The first kappa shape index (κ1) is 13.6. The molecule has 0 radical (unpaired) electrons. The molecule has 5 heteroatoms. The Bertz CT molecular complexity index is 239. The maximum Gasteiger partial charge on any atom is 0.244 e. The SMILES string of the molecule is C=CC(=O)NC(CCN(C)C)C(=O)NC. The van der Waals surface area contributed by atoms with Gasteiger partial charge in [-0.15, -0.1) is 0 Å². The molecule has 0 rings (SSSR count). The molecule has 2 amide bonds. The van der Waals surface area contributed by atoms with Crippen LogP contribution < -0.4 is 10.6 Å². The topological polar surface area (TPSA) is 61.4 Å². The highest BCUT2D eigenvalue weighted by Gasteiger charge is 2.18. The number of hydrogen-bond acceptors (Lipinski definition) is 3. The van der Waals surface area contributed by atoms with Gasteiger partial charge in [0.15, 0.2) is 0 Å². The fourth-order valence-corrected chi connectivity index (χ4v) is 1.06. The zero-order valence-electron chi connectivity index (χ0n) is 9.54. The van der Waals surface area contributed by atoms with Crippen molar-refractivity contribution in [3.05, 3.63) is 12.7 Å². The summed E-state index contributed by atoms with van der Waals surface area (Å²) in [6.07, 6.45) is 1.73. The van der Waals surface area contributed by atoms with Crippen LogP contribution in [0.4, 0.5) is 0 Å². The van der Waals surface area contributed by atoms with Crippen molar-refractivity contribution in [2.24, 2.45) is 0 Å². The third-order valence-electron chi connectivity index (χ3n) is 1.93. The Balaban J connectivity index is 4.24. The van der Waals surface area contributed by atoms with Crippen molar-refractivity contribution in [1.82, 2.24) is 15.5 Å². The van der Waals surface area contributed by atoms with E-state index >= 15 is 0 Å². The highest BCUT2D eigenvalue weighted by molar-refractivity contribution is 5.92. The summed E-state index contributed by atoms with van der Waals surface area (Å²) in [5, 5.41) is 5.09.